The van der Waals surface area contributed by atoms with E-state index in [0.29, 0.717) is 27.3 Å². The summed E-state index contributed by atoms with van der Waals surface area (Å²) in [5.74, 6) is 1.20. The van der Waals surface area contributed by atoms with Crippen LogP contribution < -0.4 is 10.5 Å². The van der Waals surface area contributed by atoms with Gasteiger partial charge in [0.2, 0.25) is 0 Å². The molecule has 2 fully saturated rings. The second-order valence-electron chi connectivity index (χ2n) is 8.24. The average molecular weight is 445 g/mol. The zero-order chi connectivity index (χ0) is 22.2. The van der Waals surface area contributed by atoms with E-state index < -0.39 is 0 Å². The predicted molar refractivity (Wildman–Crippen MR) is 127 cm³/mol. The molecule has 160 valence electrons. The van der Waals surface area contributed by atoms with Gasteiger partial charge in [-0.05, 0) is 58.1 Å². The second-order valence-corrected chi connectivity index (χ2v) is 9.91. The highest BCUT2D eigenvalue weighted by Crippen LogP contribution is 2.37. The topological polar surface area (TPSA) is 69.3 Å². The summed E-state index contributed by atoms with van der Waals surface area (Å²) in [4.78, 5) is 30.4. The molecule has 30 heavy (non-hydrogen) atoms. The average Bonchev–Trinajstić information content (AvgIpc) is 2.97. The van der Waals surface area contributed by atoms with Gasteiger partial charge in [-0.3, -0.25) is 19.1 Å². The second kappa shape index (κ2) is 8.94. The van der Waals surface area contributed by atoms with E-state index >= 15 is 0 Å². The molecule has 0 N–H and O–H groups in total. The number of thioether (sulfide) groups is 1. The first-order chi connectivity index (χ1) is 14.2. The number of thiocarbonyl (C=S) groups is 1. The van der Waals surface area contributed by atoms with Crippen molar-refractivity contribution in [2.45, 2.75) is 60.0 Å². The van der Waals surface area contributed by atoms with Crippen LogP contribution in [0.15, 0.2) is 9.70 Å². The Morgan fingerprint density at radius 3 is 2.60 bits per heavy atom. The normalized spacial score (nSPS) is 21.1. The standard InChI is InChI=1S/C22H28N4O2S2/c1-6-25-19(24-9-7-8-14(4)12-24)16(15(5)17(11-23)20(25)27)10-18-21(28)26(13(2)3)22(29)30-18/h10,13-14H,6-9,12H2,1-5H3. The van der Waals surface area contributed by atoms with Gasteiger partial charge in [-0.2, -0.15) is 5.26 Å². The molecule has 3 rings (SSSR count). The van der Waals surface area contributed by atoms with E-state index in [-0.39, 0.29) is 23.1 Å². The van der Waals surface area contributed by atoms with E-state index in [1.807, 2.05) is 26.8 Å². The van der Waals surface area contributed by atoms with Gasteiger partial charge in [0, 0.05) is 31.2 Å². The number of carbonyl (C=O) groups excluding carboxylic acids is 1. The van der Waals surface area contributed by atoms with E-state index in [1.54, 1.807) is 16.4 Å². The third-order valence-electron chi connectivity index (χ3n) is 5.73. The molecule has 1 aromatic rings. The molecule has 0 radical (unpaired) electrons. The van der Waals surface area contributed by atoms with Crippen LogP contribution in [0.3, 0.4) is 0 Å². The van der Waals surface area contributed by atoms with Gasteiger partial charge in [-0.1, -0.05) is 30.9 Å². The van der Waals surface area contributed by atoms with Gasteiger partial charge in [-0.25, -0.2) is 0 Å². The van der Waals surface area contributed by atoms with Crippen molar-refractivity contribution in [3.05, 3.63) is 31.9 Å². The Hall–Kier alpha value is -2.11. The third-order valence-corrected chi connectivity index (χ3v) is 7.06. The van der Waals surface area contributed by atoms with Gasteiger partial charge < -0.3 is 4.90 Å². The molecule has 1 aromatic heterocycles. The molecule has 1 unspecified atom stereocenters. The van der Waals surface area contributed by atoms with E-state index in [9.17, 15) is 14.9 Å². The molecule has 0 saturated carbocycles. The van der Waals surface area contributed by atoms with Gasteiger partial charge in [0.05, 0.1) is 4.91 Å². The Morgan fingerprint density at radius 2 is 2.07 bits per heavy atom. The number of piperidine rings is 1. The molecule has 3 heterocycles. The van der Waals surface area contributed by atoms with Crippen LogP contribution in [-0.4, -0.2) is 38.8 Å². The van der Waals surface area contributed by atoms with Crippen LogP contribution in [-0.2, 0) is 11.3 Å². The highest BCUT2D eigenvalue weighted by molar-refractivity contribution is 8.26. The highest BCUT2D eigenvalue weighted by atomic mass is 32.2. The zero-order valence-electron chi connectivity index (χ0n) is 18.2. The molecule has 0 spiro atoms. The van der Waals surface area contributed by atoms with Crippen LogP contribution in [0, 0.1) is 24.2 Å². The first kappa shape index (κ1) is 22.6. The number of hydrogen-bond donors (Lipinski definition) is 0. The number of nitrogens with zero attached hydrogens (tertiary/aromatic N) is 4. The first-order valence-electron chi connectivity index (χ1n) is 10.4. The molecular formula is C22H28N4O2S2. The lowest BCUT2D eigenvalue weighted by molar-refractivity contribution is -0.123. The number of rotatable bonds is 4. The maximum Gasteiger partial charge on any atom is 0.270 e. The summed E-state index contributed by atoms with van der Waals surface area (Å²) in [6.07, 6.45) is 4.04. The minimum absolute atomic E-state index is 0.0221. The minimum atomic E-state index is -0.266. The van der Waals surface area contributed by atoms with Crippen LogP contribution in [0.25, 0.3) is 6.08 Å². The maximum absolute atomic E-state index is 13.0. The summed E-state index contributed by atoms with van der Waals surface area (Å²) in [6, 6.07) is 2.06. The van der Waals surface area contributed by atoms with Gasteiger partial charge in [-0.15, -0.1) is 0 Å². The van der Waals surface area contributed by atoms with Crippen molar-refractivity contribution < 1.29 is 4.79 Å². The molecule has 2 saturated heterocycles. The van der Waals surface area contributed by atoms with E-state index in [2.05, 4.69) is 17.9 Å². The number of hydrogen-bond acceptors (Lipinski definition) is 6. The fourth-order valence-corrected chi connectivity index (χ4v) is 5.72. The molecule has 1 atom stereocenters. The summed E-state index contributed by atoms with van der Waals surface area (Å²) < 4.78 is 2.22. The maximum atomic E-state index is 13.0. The molecule has 2 aliphatic heterocycles. The molecular weight excluding hydrogens is 416 g/mol. The predicted octanol–water partition coefficient (Wildman–Crippen LogP) is 3.89. The molecule has 0 aliphatic carbocycles. The van der Waals surface area contributed by atoms with Crippen molar-refractivity contribution in [2.24, 2.45) is 5.92 Å². The van der Waals surface area contributed by atoms with E-state index in [1.165, 1.54) is 11.8 Å². The van der Waals surface area contributed by atoms with Crippen molar-refractivity contribution >= 4 is 46.1 Å². The Labute approximate surface area is 187 Å². The fraction of sp³-hybridized carbons (Fsp3) is 0.545. The molecule has 1 amide bonds. The zero-order valence-corrected chi connectivity index (χ0v) is 19.8. The Bertz CT molecular complexity index is 1020. The molecule has 2 aliphatic rings. The van der Waals surface area contributed by atoms with Crippen molar-refractivity contribution in [2.75, 3.05) is 18.0 Å². The van der Waals surface area contributed by atoms with Gasteiger partial charge in [0.25, 0.3) is 11.5 Å². The number of carbonyl (C=O) groups is 1. The van der Waals surface area contributed by atoms with Crippen molar-refractivity contribution in [1.82, 2.24) is 9.47 Å². The molecule has 6 nitrogen and oxygen atoms in total. The number of pyridine rings is 1. The van der Waals surface area contributed by atoms with Crippen LogP contribution >= 0.6 is 24.0 Å². The number of nitriles is 1. The van der Waals surface area contributed by atoms with E-state index in [4.69, 9.17) is 12.2 Å². The molecule has 0 bridgehead atoms. The lowest BCUT2D eigenvalue weighted by Gasteiger charge is -2.35. The van der Waals surface area contributed by atoms with Crippen molar-refractivity contribution in [1.29, 1.82) is 5.26 Å². The highest BCUT2D eigenvalue weighted by Gasteiger charge is 2.35. The Kier molecular flexibility index (Phi) is 6.73. The lowest BCUT2D eigenvalue weighted by Crippen LogP contribution is -2.40. The Morgan fingerprint density at radius 1 is 1.37 bits per heavy atom. The van der Waals surface area contributed by atoms with Crippen molar-refractivity contribution in [3.63, 3.8) is 0 Å². The smallest absolute Gasteiger partial charge is 0.270 e. The van der Waals surface area contributed by atoms with Gasteiger partial charge in [0.15, 0.2) is 0 Å². The summed E-state index contributed by atoms with van der Waals surface area (Å²) >= 11 is 6.70. The number of amides is 1. The van der Waals surface area contributed by atoms with Crippen LogP contribution in [0.4, 0.5) is 5.82 Å². The number of anilines is 1. The largest absolute Gasteiger partial charge is 0.357 e. The van der Waals surface area contributed by atoms with E-state index in [0.717, 1.165) is 37.3 Å². The lowest BCUT2D eigenvalue weighted by atomic mass is 9.98. The summed E-state index contributed by atoms with van der Waals surface area (Å²) in [5, 5.41) is 9.66. The monoisotopic (exact) mass is 444 g/mol. The third kappa shape index (κ3) is 3.93. The number of aromatic nitrogens is 1. The van der Waals surface area contributed by atoms with Gasteiger partial charge >= 0.3 is 0 Å². The fourth-order valence-electron chi connectivity index (χ4n) is 4.22. The first-order valence-corrected chi connectivity index (χ1v) is 11.6. The van der Waals surface area contributed by atoms with Gasteiger partial charge in [0.1, 0.15) is 21.8 Å². The van der Waals surface area contributed by atoms with Crippen LogP contribution in [0.5, 0.6) is 0 Å². The quantitative estimate of drug-likeness (QED) is 0.518. The molecule has 0 aromatic carbocycles. The molecule has 8 heteroatoms. The summed E-state index contributed by atoms with van der Waals surface area (Å²) in [7, 11) is 0. The van der Waals surface area contributed by atoms with Crippen molar-refractivity contribution in [3.8, 4) is 6.07 Å². The van der Waals surface area contributed by atoms with Crippen LogP contribution in [0.1, 0.15) is 57.2 Å². The summed E-state index contributed by atoms with van der Waals surface area (Å²) in [5.41, 5.74) is 1.26. The Balaban J connectivity index is 2.25. The minimum Gasteiger partial charge on any atom is -0.357 e. The summed E-state index contributed by atoms with van der Waals surface area (Å²) in [6.45, 7) is 11.9. The van der Waals surface area contributed by atoms with Crippen LogP contribution in [0.2, 0.25) is 0 Å². The SMILES string of the molecule is CCn1c(N2CCCC(C)C2)c(C=C2SC(=S)N(C(C)C)C2=O)c(C)c(C#N)c1=O.